The summed E-state index contributed by atoms with van der Waals surface area (Å²) in [5.41, 5.74) is 2.52. The summed E-state index contributed by atoms with van der Waals surface area (Å²) in [7, 11) is 0. The summed E-state index contributed by atoms with van der Waals surface area (Å²) >= 11 is 0. The van der Waals surface area contributed by atoms with Crippen molar-refractivity contribution < 1.29 is 14.6 Å². The average Bonchev–Trinajstić information content (AvgIpc) is 3.02. The summed E-state index contributed by atoms with van der Waals surface area (Å²) in [6.07, 6.45) is 5.11. The standard InChI is InChI=1S/C17H17N3O3/c1-2-8-23-16-10-12(22-9-7-21)3-4-13(16)17-19-14-5-6-18-11-15(14)20-17/h2-6,10-11,21H,1,7-9H2,(H,19,20). The van der Waals surface area contributed by atoms with Crippen LogP contribution in [0.3, 0.4) is 0 Å². The highest BCUT2D eigenvalue weighted by molar-refractivity contribution is 5.80. The fraction of sp³-hybridized carbons (Fsp3) is 0.176. The molecule has 0 saturated heterocycles. The van der Waals surface area contributed by atoms with Crippen LogP contribution >= 0.6 is 0 Å². The molecule has 6 heteroatoms. The first-order valence-electron chi connectivity index (χ1n) is 7.23. The maximum atomic E-state index is 8.86. The maximum Gasteiger partial charge on any atom is 0.142 e. The lowest BCUT2D eigenvalue weighted by Crippen LogP contribution is -2.02. The van der Waals surface area contributed by atoms with Gasteiger partial charge in [-0.3, -0.25) is 4.98 Å². The number of benzene rings is 1. The van der Waals surface area contributed by atoms with Gasteiger partial charge in [0.1, 0.15) is 30.5 Å². The van der Waals surface area contributed by atoms with Crippen molar-refractivity contribution in [3.05, 3.63) is 49.3 Å². The van der Waals surface area contributed by atoms with E-state index >= 15 is 0 Å². The second kappa shape index (κ2) is 6.93. The molecular weight excluding hydrogens is 294 g/mol. The third-order valence-corrected chi connectivity index (χ3v) is 3.21. The van der Waals surface area contributed by atoms with Crippen LogP contribution < -0.4 is 9.47 Å². The first-order chi connectivity index (χ1) is 11.3. The van der Waals surface area contributed by atoms with Crippen molar-refractivity contribution in [2.75, 3.05) is 19.8 Å². The molecule has 3 aromatic rings. The van der Waals surface area contributed by atoms with Gasteiger partial charge in [-0.1, -0.05) is 12.7 Å². The Labute approximate surface area is 133 Å². The summed E-state index contributed by atoms with van der Waals surface area (Å²) < 4.78 is 11.2. The number of aromatic nitrogens is 3. The molecule has 0 fully saturated rings. The van der Waals surface area contributed by atoms with Gasteiger partial charge in [0, 0.05) is 12.3 Å². The number of H-pyrrole nitrogens is 1. The predicted octanol–water partition coefficient (Wildman–Crippen LogP) is 2.56. The molecular formula is C17H17N3O3. The van der Waals surface area contributed by atoms with E-state index in [2.05, 4.69) is 21.5 Å². The number of fused-ring (bicyclic) bond motifs is 1. The van der Waals surface area contributed by atoms with Crippen molar-refractivity contribution in [2.24, 2.45) is 0 Å². The number of nitrogens with one attached hydrogen (secondary N) is 1. The van der Waals surface area contributed by atoms with E-state index in [0.29, 0.717) is 23.9 Å². The van der Waals surface area contributed by atoms with Crippen LogP contribution in [0.15, 0.2) is 49.3 Å². The molecule has 3 rings (SSSR count). The molecule has 0 amide bonds. The number of aliphatic hydroxyl groups excluding tert-OH is 1. The smallest absolute Gasteiger partial charge is 0.142 e. The molecule has 6 nitrogen and oxygen atoms in total. The van der Waals surface area contributed by atoms with Crippen molar-refractivity contribution in [3.8, 4) is 22.9 Å². The lowest BCUT2D eigenvalue weighted by atomic mass is 10.2. The summed E-state index contributed by atoms with van der Waals surface area (Å²) in [6.45, 7) is 4.23. The Kier molecular flexibility index (Phi) is 4.54. The highest BCUT2D eigenvalue weighted by Crippen LogP contribution is 2.33. The Balaban J connectivity index is 2.00. The van der Waals surface area contributed by atoms with Crippen LogP contribution in [-0.2, 0) is 0 Å². The Morgan fingerprint density at radius 3 is 2.96 bits per heavy atom. The number of imidazole rings is 1. The number of hydrogen-bond acceptors (Lipinski definition) is 5. The van der Waals surface area contributed by atoms with Gasteiger partial charge in [-0.05, 0) is 18.2 Å². The number of aromatic amines is 1. The molecule has 2 aromatic heterocycles. The van der Waals surface area contributed by atoms with Gasteiger partial charge in [0.15, 0.2) is 0 Å². The molecule has 23 heavy (non-hydrogen) atoms. The van der Waals surface area contributed by atoms with Crippen LogP contribution in [-0.4, -0.2) is 39.9 Å². The Bertz CT molecular complexity index is 781. The van der Waals surface area contributed by atoms with Gasteiger partial charge in [-0.2, -0.15) is 0 Å². The number of rotatable bonds is 7. The zero-order valence-corrected chi connectivity index (χ0v) is 12.5. The molecule has 0 spiro atoms. The van der Waals surface area contributed by atoms with E-state index in [4.69, 9.17) is 14.6 Å². The number of ether oxygens (including phenoxy) is 2. The minimum atomic E-state index is -0.0405. The minimum absolute atomic E-state index is 0.0405. The zero-order valence-electron chi connectivity index (χ0n) is 12.5. The van der Waals surface area contributed by atoms with Gasteiger partial charge < -0.3 is 19.6 Å². The van der Waals surface area contributed by atoms with Crippen LogP contribution in [0.25, 0.3) is 22.4 Å². The molecule has 0 bridgehead atoms. The third kappa shape index (κ3) is 3.32. The van der Waals surface area contributed by atoms with Crippen molar-refractivity contribution >= 4 is 11.0 Å². The fourth-order valence-corrected chi connectivity index (χ4v) is 2.20. The summed E-state index contributed by atoms with van der Waals surface area (Å²) in [4.78, 5) is 11.9. The average molecular weight is 311 g/mol. The minimum Gasteiger partial charge on any atom is -0.491 e. The fourth-order valence-electron chi connectivity index (χ4n) is 2.20. The van der Waals surface area contributed by atoms with E-state index in [-0.39, 0.29) is 13.2 Å². The molecule has 2 heterocycles. The maximum absolute atomic E-state index is 8.86. The normalized spacial score (nSPS) is 10.7. The van der Waals surface area contributed by atoms with Gasteiger partial charge in [-0.15, -0.1) is 0 Å². The molecule has 0 saturated carbocycles. The number of hydrogen-bond donors (Lipinski definition) is 2. The van der Waals surface area contributed by atoms with Gasteiger partial charge in [-0.25, -0.2) is 4.98 Å². The van der Waals surface area contributed by atoms with Crippen molar-refractivity contribution in [2.45, 2.75) is 0 Å². The van der Waals surface area contributed by atoms with E-state index in [0.717, 1.165) is 16.6 Å². The Morgan fingerprint density at radius 1 is 1.26 bits per heavy atom. The van der Waals surface area contributed by atoms with Gasteiger partial charge in [0.2, 0.25) is 0 Å². The lowest BCUT2D eigenvalue weighted by Gasteiger charge is -2.11. The molecule has 0 radical (unpaired) electrons. The molecule has 0 aliphatic carbocycles. The number of nitrogens with zero attached hydrogens (tertiary/aromatic N) is 2. The lowest BCUT2D eigenvalue weighted by molar-refractivity contribution is 0.201. The van der Waals surface area contributed by atoms with E-state index in [9.17, 15) is 0 Å². The van der Waals surface area contributed by atoms with E-state index < -0.39 is 0 Å². The molecule has 0 aliphatic heterocycles. The van der Waals surface area contributed by atoms with Crippen molar-refractivity contribution in [3.63, 3.8) is 0 Å². The van der Waals surface area contributed by atoms with Crippen LogP contribution in [0.2, 0.25) is 0 Å². The van der Waals surface area contributed by atoms with E-state index in [1.54, 1.807) is 24.5 Å². The molecule has 0 aliphatic rings. The van der Waals surface area contributed by atoms with Gasteiger partial charge >= 0.3 is 0 Å². The topological polar surface area (TPSA) is 80.3 Å². The van der Waals surface area contributed by atoms with Crippen molar-refractivity contribution in [1.82, 2.24) is 15.0 Å². The first kappa shape index (κ1) is 15.1. The van der Waals surface area contributed by atoms with Gasteiger partial charge in [0.05, 0.1) is 29.4 Å². The second-order valence-corrected chi connectivity index (χ2v) is 4.81. The highest BCUT2D eigenvalue weighted by atomic mass is 16.5. The quantitative estimate of drug-likeness (QED) is 0.656. The van der Waals surface area contributed by atoms with Crippen LogP contribution in [0.5, 0.6) is 11.5 Å². The van der Waals surface area contributed by atoms with Crippen LogP contribution in [0.4, 0.5) is 0 Å². The molecule has 118 valence electrons. The van der Waals surface area contributed by atoms with Crippen molar-refractivity contribution in [1.29, 1.82) is 0 Å². The monoisotopic (exact) mass is 311 g/mol. The van der Waals surface area contributed by atoms with E-state index in [1.807, 2.05) is 18.2 Å². The van der Waals surface area contributed by atoms with Gasteiger partial charge in [0.25, 0.3) is 0 Å². The molecule has 0 atom stereocenters. The van der Waals surface area contributed by atoms with Crippen LogP contribution in [0, 0.1) is 0 Å². The highest BCUT2D eigenvalue weighted by Gasteiger charge is 2.12. The first-order valence-corrected chi connectivity index (χ1v) is 7.23. The SMILES string of the molecule is C=CCOc1cc(OCCO)ccc1-c1nc2ccncc2[nH]1. The summed E-state index contributed by atoms with van der Waals surface area (Å²) in [5, 5.41) is 8.86. The number of aliphatic hydroxyl groups is 1. The predicted molar refractivity (Wildman–Crippen MR) is 87.6 cm³/mol. The zero-order chi connectivity index (χ0) is 16.1. The number of pyridine rings is 1. The second-order valence-electron chi connectivity index (χ2n) is 4.81. The Morgan fingerprint density at radius 2 is 2.17 bits per heavy atom. The van der Waals surface area contributed by atoms with Crippen LogP contribution in [0.1, 0.15) is 0 Å². The molecule has 0 unspecified atom stereocenters. The summed E-state index contributed by atoms with van der Waals surface area (Å²) in [6, 6.07) is 7.31. The largest absolute Gasteiger partial charge is 0.491 e. The summed E-state index contributed by atoms with van der Waals surface area (Å²) in [5.74, 6) is 1.95. The molecule has 2 N–H and O–H groups in total. The molecule has 1 aromatic carbocycles. The third-order valence-electron chi connectivity index (χ3n) is 3.21. The van der Waals surface area contributed by atoms with E-state index in [1.165, 1.54) is 0 Å². The Hall–Kier alpha value is -2.86.